The Hall–Kier alpha value is -1.02. The fraction of sp³-hybridized carbons (Fsp3) is 0.647. The number of hydrogen-bond acceptors (Lipinski definition) is 2. The van der Waals surface area contributed by atoms with Gasteiger partial charge in [-0.2, -0.15) is 0 Å². The monoisotopic (exact) mass is 256 g/mol. The van der Waals surface area contributed by atoms with Crippen LogP contribution in [0, 0.1) is 11.3 Å². The summed E-state index contributed by atoms with van der Waals surface area (Å²) in [7, 11) is 0. The molecule has 2 aliphatic carbocycles. The van der Waals surface area contributed by atoms with Gasteiger partial charge < -0.3 is 10.6 Å². The van der Waals surface area contributed by atoms with Gasteiger partial charge in [0.1, 0.15) is 0 Å². The molecule has 2 N–H and O–H groups in total. The van der Waals surface area contributed by atoms with Gasteiger partial charge in [-0.05, 0) is 67.1 Å². The van der Waals surface area contributed by atoms with Crippen molar-refractivity contribution in [1.82, 2.24) is 5.32 Å². The Morgan fingerprint density at radius 3 is 2.95 bits per heavy atom. The second-order valence-corrected chi connectivity index (χ2v) is 6.71. The summed E-state index contributed by atoms with van der Waals surface area (Å²) in [6.07, 6.45) is 8.45. The van der Waals surface area contributed by atoms with Crippen molar-refractivity contribution in [2.45, 2.75) is 45.1 Å². The van der Waals surface area contributed by atoms with Crippen LogP contribution in [-0.4, -0.2) is 13.1 Å². The number of anilines is 1. The van der Waals surface area contributed by atoms with E-state index in [1.54, 1.807) is 5.56 Å². The van der Waals surface area contributed by atoms with E-state index >= 15 is 0 Å². The molecule has 2 nitrogen and oxygen atoms in total. The van der Waals surface area contributed by atoms with Crippen LogP contribution in [0.25, 0.3) is 0 Å². The van der Waals surface area contributed by atoms with Crippen molar-refractivity contribution in [3.8, 4) is 0 Å². The molecule has 2 fully saturated rings. The zero-order chi connectivity index (χ0) is 12.7. The van der Waals surface area contributed by atoms with Gasteiger partial charge in [0.05, 0.1) is 0 Å². The fourth-order valence-electron chi connectivity index (χ4n) is 3.78. The minimum Gasteiger partial charge on any atom is -0.385 e. The highest BCUT2D eigenvalue weighted by molar-refractivity contribution is 5.56. The van der Waals surface area contributed by atoms with Crippen molar-refractivity contribution in [2.24, 2.45) is 11.3 Å². The maximum atomic E-state index is 3.75. The van der Waals surface area contributed by atoms with Crippen molar-refractivity contribution in [1.29, 1.82) is 0 Å². The largest absolute Gasteiger partial charge is 0.385 e. The van der Waals surface area contributed by atoms with Crippen LogP contribution < -0.4 is 10.6 Å². The van der Waals surface area contributed by atoms with Gasteiger partial charge in [0.2, 0.25) is 0 Å². The van der Waals surface area contributed by atoms with Gasteiger partial charge in [0.25, 0.3) is 0 Å². The summed E-state index contributed by atoms with van der Waals surface area (Å²) in [6, 6.07) is 6.72. The molecule has 0 radical (unpaired) electrons. The minimum absolute atomic E-state index is 0.715. The third kappa shape index (κ3) is 2.27. The zero-order valence-corrected chi connectivity index (χ0v) is 11.7. The first-order chi connectivity index (χ1) is 9.37. The lowest BCUT2D eigenvalue weighted by molar-refractivity contribution is 0.403. The Morgan fingerprint density at radius 2 is 2.16 bits per heavy atom. The Morgan fingerprint density at radius 1 is 1.26 bits per heavy atom. The SMILES string of the molecule is c1cc(CNCC2(C3CC3)CC2)c2c(c1)NCCC2. The zero-order valence-electron chi connectivity index (χ0n) is 11.7. The first-order valence-corrected chi connectivity index (χ1v) is 7.93. The summed E-state index contributed by atoms with van der Waals surface area (Å²) in [5.41, 5.74) is 5.15. The molecule has 19 heavy (non-hydrogen) atoms. The molecule has 2 saturated carbocycles. The second-order valence-electron chi connectivity index (χ2n) is 6.71. The van der Waals surface area contributed by atoms with Crippen LogP contribution in [0.5, 0.6) is 0 Å². The van der Waals surface area contributed by atoms with Gasteiger partial charge in [-0.25, -0.2) is 0 Å². The molecule has 0 saturated heterocycles. The maximum absolute atomic E-state index is 3.75. The van der Waals surface area contributed by atoms with Gasteiger partial charge in [0, 0.05) is 25.3 Å². The molecule has 0 atom stereocenters. The molecule has 1 aromatic carbocycles. The standard InChI is InChI=1S/C17H24N2/c1-3-13(15-4-2-10-19-16(15)5-1)11-18-12-17(8-9-17)14-6-7-14/h1,3,5,14,18-19H,2,4,6-12H2. The van der Waals surface area contributed by atoms with Crippen molar-refractivity contribution in [2.75, 3.05) is 18.4 Å². The van der Waals surface area contributed by atoms with Crippen molar-refractivity contribution in [3.63, 3.8) is 0 Å². The molecule has 4 rings (SSSR count). The van der Waals surface area contributed by atoms with Gasteiger partial charge in [-0.3, -0.25) is 0 Å². The average molecular weight is 256 g/mol. The van der Waals surface area contributed by atoms with E-state index < -0.39 is 0 Å². The lowest BCUT2D eigenvalue weighted by atomic mass is 9.97. The highest BCUT2D eigenvalue weighted by Gasteiger charge is 2.53. The number of rotatable bonds is 5. The van der Waals surface area contributed by atoms with E-state index in [0.717, 1.165) is 19.0 Å². The normalized spacial score (nSPS) is 23.6. The Bertz CT molecular complexity index is 472. The molecule has 1 aromatic rings. The van der Waals surface area contributed by atoms with Gasteiger partial charge in [0.15, 0.2) is 0 Å². The minimum atomic E-state index is 0.715. The van der Waals surface area contributed by atoms with Crippen LogP contribution in [0.15, 0.2) is 18.2 Å². The topological polar surface area (TPSA) is 24.1 Å². The number of benzene rings is 1. The fourth-order valence-corrected chi connectivity index (χ4v) is 3.78. The molecule has 3 aliphatic rings. The highest BCUT2D eigenvalue weighted by atomic mass is 14.9. The molecule has 0 amide bonds. The predicted molar refractivity (Wildman–Crippen MR) is 79.4 cm³/mol. The summed E-state index contributed by atoms with van der Waals surface area (Å²) in [4.78, 5) is 0. The second kappa shape index (κ2) is 4.52. The third-order valence-corrected chi connectivity index (χ3v) is 5.32. The first-order valence-electron chi connectivity index (χ1n) is 7.93. The summed E-state index contributed by atoms with van der Waals surface area (Å²) >= 11 is 0. The Kier molecular flexibility index (Phi) is 2.80. The van der Waals surface area contributed by atoms with Crippen LogP contribution >= 0.6 is 0 Å². The summed E-state index contributed by atoms with van der Waals surface area (Å²) < 4.78 is 0. The lowest BCUT2D eigenvalue weighted by Gasteiger charge is -2.22. The molecule has 0 spiro atoms. The van der Waals surface area contributed by atoms with Crippen LogP contribution in [-0.2, 0) is 13.0 Å². The number of hydrogen-bond donors (Lipinski definition) is 2. The molecule has 102 valence electrons. The van der Waals surface area contributed by atoms with Crippen LogP contribution in [0.4, 0.5) is 5.69 Å². The van der Waals surface area contributed by atoms with E-state index in [-0.39, 0.29) is 0 Å². The van der Waals surface area contributed by atoms with Gasteiger partial charge in [-0.15, -0.1) is 0 Å². The Labute approximate surface area is 116 Å². The van der Waals surface area contributed by atoms with Gasteiger partial charge in [-0.1, -0.05) is 12.1 Å². The van der Waals surface area contributed by atoms with Crippen molar-refractivity contribution >= 4 is 5.69 Å². The predicted octanol–water partition coefficient (Wildman–Crippen LogP) is 3.32. The third-order valence-electron chi connectivity index (χ3n) is 5.32. The summed E-state index contributed by atoms with van der Waals surface area (Å²) in [6.45, 7) is 3.43. The van der Waals surface area contributed by atoms with Crippen molar-refractivity contribution < 1.29 is 0 Å². The molecule has 0 aromatic heterocycles. The lowest BCUT2D eigenvalue weighted by Crippen LogP contribution is -2.26. The maximum Gasteiger partial charge on any atom is 0.0375 e. The van der Waals surface area contributed by atoms with E-state index in [2.05, 4.69) is 28.8 Å². The molecule has 2 heteroatoms. The van der Waals surface area contributed by atoms with E-state index in [1.165, 1.54) is 56.3 Å². The number of fused-ring (bicyclic) bond motifs is 1. The van der Waals surface area contributed by atoms with E-state index in [1.807, 2.05) is 0 Å². The van der Waals surface area contributed by atoms with Crippen LogP contribution in [0.2, 0.25) is 0 Å². The van der Waals surface area contributed by atoms with Crippen LogP contribution in [0.3, 0.4) is 0 Å². The highest BCUT2D eigenvalue weighted by Crippen LogP contribution is 2.60. The van der Waals surface area contributed by atoms with E-state index in [0.29, 0.717) is 5.41 Å². The molecule has 0 bridgehead atoms. The van der Waals surface area contributed by atoms with Crippen LogP contribution in [0.1, 0.15) is 43.2 Å². The van der Waals surface area contributed by atoms with E-state index in [9.17, 15) is 0 Å². The van der Waals surface area contributed by atoms with Crippen molar-refractivity contribution in [3.05, 3.63) is 29.3 Å². The average Bonchev–Trinajstić information content (AvgIpc) is 3.32. The number of nitrogens with one attached hydrogen (secondary N) is 2. The molecular weight excluding hydrogens is 232 g/mol. The molecule has 0 unspecified atom stereocenters. The van der Waals surface area contributed by atoms with Gasteiger partial charge >= 0.3 is 0 Å². The summed E-state index contributed by atoms with van der Waals surface area (Å²) in [5, 5.41) is 7.27. The first kappa shape index (κ1) is 11.8. The Balaban J connectivity index is 1.40. The smallest absolute Gasteiger partial charge is 0.0375 e. The summed E-state index contributed by atoms with van der Waals surface area (Å²) in [5.74, 6) is 1.06. The molecular formula is C17H24N2. The quantitative estimate of drug-likeness (QED) is 0.844. The molecule has 1 aliphatic heterocycles. The molecule has 1 heterocycles. The van der Waals surface area contributed by atoms with E-state index in [4.69, 9.17) is 0 Å².